The summed E-state index contributed by atoms with van der Waals surface area (Å²) in [5.41, 5.74) is 2.78. The summed E-state index contributed by atoms with van der Waals surface area (Å²) in [6, 6.07) is 8.46. The van der Waals surface area contributed by atoms with E-state index in [0.29, 0.717) is 12.5 Å². The summed E-state index contributed by atoms with van der Waals surface area (Å²) in [7, 11) is 0. The van der Waals surface area contributed by atoms with E-state index in [1.807, 2.05) is 4.90 Å². The number of carbonyl (C=O) groups is 2. The van der Waals surface area contributed by atoms with Gasteiger partial charge in [0.1, 0.15) is 0 Å². The number of amides is 2. The molecule has 1 aromatic rings. The van der Waals surface area contributed by atoms with Gasteiger partial charge in [0.2, 0.25) is 11.8 Å². The van der Waals surface area contributed by atoms with Gasteiger partial charge in [0.15, 0.2) is 0 Å². The molecule has 4 rings (SSSR count). The Morgan fingerprint density at radius 3 is 2.74 bits per heavy atom. The van der Waals surface area contributed by atoms with Gasteiger partial charge in [0.05, 0.1) is 5.92 Å². The average Bonchev–Trinajstić information content (AvgIpc) is 3.40. The van der Waals surface area contributed by atoms with Crippen molar-refractivity contribution in [3.8, 4) is 0 Å². The molecule has 0 radical (unpaired) electrons. The Kier molecular flexibility index (Phi) is 3.83. The molecule has 0 spiro atoms. The van der Waals surface area contributed by atoms with Crippen LogP contribution in [0.4, 0.5) is 0 Å². The maximum absolute atomic E-state index is 12.5. The third-order valence-corrected chi connectivity index (χ3v) is 5.51. The molecule has 1 saturated carbocycles. The Bertz CT molecular complexity index is 624. The van der Waals surface area contributed by atoms with Crippen LogP contribution in [0.25, 0.3) is 0 Å². The fraction of sp³-hybridized carbons (Fsp3) is 0.579. The minimum absolute atomic E-state index is 0.0261. The van der Waals surface area contributed by atoms with E-state index >= 15 is 0 Å². The van der Waals surface area contributed by atoms with Crippen LogP contribution in [0.2, 0.25) is 0 Å². The monoisotopic (exact) mass is 312 g/mol. The lowest BCUT2D eigenvalue weighted by atomic mass is 9.77. The first-order chi connectivity index (χ1) is 11.2. The highest BCUT2D eigenvalue weighted by molar-refractivity contribution is 5.83. The number of hydrogen-bond donors (Lipinski definition) is 1. The van der Waals surface area contributed by atoms with Gasteiger partial charge in [-0.25, -0.2) is 0 Å². The molecule has 1 N–H and O–H groups in total. The fourth-order valence-corrected chi connectivity index (χ4v) is 3.89. The van der Waals surface area contributed by atoms with E-state index in [1.165, 1.54) is 11.1 Å². The van der Waals surface area contributed by atoms with Crippen molar-refractivity contribution >= 4 is 11.8 Å². The zero-order chi connectivity index (χ0) is 15.8. The summed E-state index contributed by atoms with van der Waals surface area (Å²) in [5.74, 6) is 1.09. The van der Waals surface area contributed by atoms with Gasteiger partial charge in [0, 0.05) is 31.5 Å². The number of likely N-dealkylation sites (tertiary alicyclic amines) is 1. The van der Waals surface area contributed by atoms with E-state index in [1.54, 1.807) is 0 Å². The first-order valence-electron chi connectivity index (χ1n) is 8.86. The second-order valence-electron chi connectivity index (χ2n) is 7.24. The predicted molar refractivity (Wildman–Crippen MR) is 87.9 cm³/mol. The first kappa shape index (κ1) is 14.7. The van der Waals surface area contributed by atoms with Crippen LogP contribution in [0.1, 0.15) is 42.7 Å². The number of piperidine rings is 1. The van der Waals surface area contributed by atoms with E-state index in [0.717, 1.165) is 45.2 Å². The van der Waals surface area contributed by atoms with Crippen LogP contribution in [-0.2, 0) is 16.0 Å². The number of nitrogens with zero attached hydrogens (tertiary/aromatic N) is 1. The van der Waals surface area contributed by atoms with Gasteiger partial charge in [0.25, 0.3) is 0 Å². The Balaban J connectivity index is 1.28. The van der Waals surface area contributed by atoms with Gasteiger partial charge >= 0.3 is 0 Å². The predicted octanol–water partition coefficient (Wildman–Crippen LogP) is 2.09. The maximum Gasteiger partial charge on any atom is 0.225 e. The second kappa shape index (κ2) is 5.99. The Morgan fingerprint density at radius 1 is 1.13 bits per heavy atom. The highest BCUT2D eigenvalue weighted by Crippen LogP contribution is 2.34. The summed E-state index contributed by atoms with van der Waals surface area (Å²) < 4.78 is 0. The van der Waals surface area contributed by atoms with Crippen molar-refractivity contribution in [2.45, 2.75) is 38.0 Å². The molecule has 3 aliphatic rings. The lowest BCUT2D eigenvalue weighted by molar-refractivity contribution is -0.136. The molecular formula is C19H24N2O2. The van der Waals surface area contributed by atoms with Crippen LogP contribution in [-0.4, -0.2) is 36.3 Å². The van der Waals surface area contributed by atoms with Crippen molar-refractivity contribution in [2.75, 3.05) is 19.6 Å². The summed E-state index contributed by atoms with van der Waals surface area (Å²) in [6.45, 7) is 2.17. The van der Waals surface area contributed by atoms with Crippen molar-refractivity contribution in [1.29, 1.82) is 0 Å². The van der Waals surface area contributed by atoms with E-state index in [9.17, 15) is 9.59 Å². The molecule has 1 aromatic carbocycles. The number of hydrogen-bond acceptors (Lipinski definition) is 2. The number of carbonyl (C=O) groups excluding carboxylic acids is 2. The number of fused-ring (bicyclic) bond motifs is 1. The van der Waals surface area contributed by atoms with E-state index in [4.69, 9.17) is 0 Å². The smallest absolute Gasteiger partial charge is 0.225 e. The number of benzene rings is 1. The summed E-state index contributed by atoms with van der Waals surface area (Å²) >= 11 is 0. The molecule has 1 heterocycles. The van der Waals surface area contributed by atoms with Gasteiger partial charge in [-0.1, -0.05) is 24.3 Å². The first-order valence-corrected chi connectivity index (χ1v) is 8.86. The third kappa shape index (κ3) is 2.99. The van der Waals surface area contributed by atoms with Crippen LogP contribution in [0.3, 0.4) is 0 Å². The molecule has 1 saturated heterocycles. The molecule has 2 atom stereocenters. The SMILES string of the molecule is O=C(NCC1Cc2ccccc21)C1CCCN(C(=O)C2CC2)C1. The Hall–Kier alpha value is -1.84. The van der Waals surface area contributed by atoms with Crippen LogP contribution in [0, 0.1) is 11.8 Å². The van der Waals surface area contributed by atoms with E-state index < -0.39 is 0 Å². The third-order valence-electron chi connectivity index (χ3n) is 5.51. The molecule has 2 aliphatic carbocycles. The molecule has 0 aromatic heterocycles. The average molecular weight is 312 g/mol. The Morgan fingerprint density at radius 2 is 1.96 bits per heavy atom. The Labute approximate surface area is 137 Å². The quantitative estimate of drug-likeness (QED) is 0.925. The van der Waals surface area contributed by atoms with Gasteiger partial charge in [-0.2, -0.15) is 0 Å². The van der Waals surface area contributed by atoms with Crippen LogP contribution >= 0.6 is 0 Å². The van der Waals surface area contributed by atoms with E-state index in [2.05, 4.69) is 29.6 Å². The van der Waals surface area contributed by atoms with Gasteiger partial charge in [-0.05, 0) is 43.2 Å². The highest BCUT2D eigenvalue weighted by Gasteiger charge is 2.37. The molecule has 0 bridgehead atoms. The molecule has 23 heavy (non-hydrogen) atoms. The second-order valence-corrected chi connectivity index (χ2v) is 7.24. The largest absolute Gasteiger partial charge is 0.355 e. The fourth-order valence-electron chi connectivity index (χ4n) is 3.89. The highest BCUT2D eigenvalue weighted by atomic mass is 16.2. The van der Waals surface area contributed by atoms with Crippen LogP contribution < -0.4 is 5.32 Å². The minimum Gasteiger partial charge on any atom is -0.355 e. The zero-order valence-electron chi connectivity index (χ0n) is 13.5. The molecule has 122 valence electrons. The molecule has 2 unspecified atom stereocenters. The van der Waals surface area contributed by atoms with Gasteiger partial charge in [-0.15, -0.1) is 0 Å². The topological polar surface area (TPSA) is 49.4 Å². The van der Waals surface area contributed by atoms with E-state index in [-0.39, 0.29) is 23.7 Å². The van der Waals surface area contributed by atoms with Crippen LogP contribution in [0.5, 0.6) is 0 Å². The molecule has 2 amide bonds. The minimum atomic E-state index is -0.0261. The normalized spacial score (nSPS) is 26.2. The maximum atomic E-state index is 12.5. The standard InChI is InChI=1S/C19H24N2O2/c22-18(20-11-16-10-14-4-1-2-6-17(14)16)15-5-3-9-21(12-15)19(23)13-7-8-13/h1-2,4,6,13,15-16H,3,5,7-12H2,(H,20,22). The van der Waals surface area contributed by atoms with Gasteiger partial charge in [-0.3, -0.25) is 9.59 Å². The summed E-state index contributed by atoms with van der Waals surface area (Å²) in [4.78, 5) is 26.6. The van der Waals surface area contributed by atoms with Crippen molar-refractivity contribution < 1.29 is 9.59 Å². The molecule has 2 fully saturated rings. The van der Waals surface area contributed by atoms with Crippen molar-refractivity contribution in [3.63, 3.8) is 0 Å². The van der Waals surface area contributed by atoms with Crippen LogP contribution in [0.15, 0.2) is 24.3 Å². The zero-order valence-corrected chi connectivity index (χ0v) is 13.5. The molecule has 1 aliphatic heterocycles. The molecular weight excluding hydrogens is 288 g/mol. The van der Waals surface area contributed by atoms with Gasteiger partial charge < -0.3 is 10.2 Å². The summed E-state index contributed by atoms with van der Waals surface area (Å²) in [6.07, 6.45) is 4.98. The summed E-state index contributed by atoms with van der Waals surface area (Å²) in [5, 5.41) is 3.12. The number of nitrogens with one attached hydrogen (secondary N) is 1. The van der Waals surface area contributed by atoms with Crippen molar-refractivity contribution in [3.05, 3.63) is 35.4 Å². The van der Waals surface area contributed by atoms with Crippen molar-refractivity contribution in [2.24, 2.45) is 11.8 Å². The lowest BCUT2D eigenvalue weighted by Crippen LogP contribution is -2.46. The lowest BCUT2D eigenvalue weighted by Gasteiger charge is -2.34. The molecule has 4 heteroatoms. The number of rotatable bonds is 4. The molecule has 4 nitrogen and oxygen atoms in total. The van der Waals surface area contributed by atoms with Crippen molar-refractivity contribution in [1.82, 2.24) is 10.2 Å².